The molecule has 1 N–H and O–H groups in total. The van der Waals surface area contributed by atoms with E-state index in [-0.39, 0.29) is 5.78 Å². The zero-order chi connectivity index (χ0) is 16.8. The van der Waals surface area contributed by atoms with Crippen LogP contribution in [0.2, 0.25) is 0 Å². The highest BCUT2D eigenvalue weighted by Gasteiger charge is 2.11. The zero-order valence-electron chi connectivity index (χ0n) is 13.2. The Bertz CT molecular complexity index is 837. The van der Waals surface area contributed by atoms with Crippen LogP contribution in [0.15, 0.2) is 47.6 Å². The lowest BCUT2D eigenvalue weighted by Gasteiger charge is -1.94. The van der Waals surface area contributed by atoms with Gasteiger partial charge in [0.1, 0.15) is 5.82 Å². The molecule has 122 valence electrons. The lowest BCUT2D eigenvalue weighted by atomic mass is 10.2. The second-order valence-electron chi connectivity index (χ2n) is 5.08. The fourth-order valence-electron chi connectivity index (χ4n) is 2.06. The third kappa shape index (κ3) is 4.43. The number of rotatable bonds is 7. The molecule has 0 spiro atoms. The van der Waals surface area contributed by atoms with Crippen LogP contribution in [0, 0.1) is 0 Å². The van der Waals surface area contributed by atoms with Crippen LogP contribution in [0.3, 0.4) is 0 Å². The SMILES string of the molecule is CCc1ccc(C(=O)CSc2n[nH]c(C=Cc3ccccc3)n2)s1. The van der Waals surface area contributed by atoms with Gasteiger partial charge in [-0.05, 0) is 30.2 Å². The predicted octanol–water partition coefficient (Wildman–Crippen LogP) is 4.57. The highest BCUT2D eigenvalue weighted by atomic mass is 32.2. The Kier molecular flexibility index (Phi) is 5.61. The average Bonchev–Trinajstić information content (AvgIpc) is 3.28. The number of nitrogens with one attached hydrogen (secondary N) is 1. The van der Waals surface area contributed by atoms with E-state index in [1.807, 2.05) is 54.6 Å². The second-order valence-corrected chi connectivity index (χ2v) is 7.19. The molecule has 6 heteroatoms. The van der Waals surface area contributed by atoms with Gasteiger partial charge in [0.2, 0.25) is 5.16 Å². The number of hydrogen-bond donors (Lipinski definition) is 1. The summed E-state index contributed by atoms with van der Waals surface area (Å²) in [6.45, 7) is 2.09. The summed E-state index contributed by atoms with van der Waals surface area (Å²) in [6.07, 6.45) is 4.81. The van der Waals surface area contributed by atoms with Crippen LogP contribution in [0.1, 0.15) is 32.9 Å². The fourth-order valence-corrected chi connectivity index (χ4v) is 3.72. The number of carbonyl (C=O) groups is 1. The highest BCUT2D eigenvalue weighted by molar-refractivity contribution is 7.99. The lowest BCUT2D eigenvalue weighted by molar-refractivity contribution is 0.102. The van der Waals surface area contributed by atoms with Crippen LogP contribution in [0.4, 0.5) is 0 Å². The van der Waals surface area contributed by atoms with E-state index < -0.39 is 0 Å². The van der Waals surface area contributed by atoms with E-state index >= 15 is 0 Å². The van der Waals surface area contributed by atoms with Gasteiger partial charge in [-0.25, -0.2) is 4.98 Å². The third-order valence-electron chi connectivity index (χ3n) is 3.33. The zero-order valence-corrected chi connectivity index (χ0v) is 14.9. The van der Waals surface area contributed by atoms with E-state index in [0.29, 0.717) is 16.7 Å². The number of thioether (sulfide) groups is 1. The molecular formula is C18H17N3OS2. The molecule has 2 heterocycles. The van der Waals surface area contributed by atoms with Crippen molar-refractivity contribution in [1.82, 2.24) is 15.2 Å². The molecule has 3 aromatic rings. The second kappa shape index (κ2) is 8.08. The van der Waals surface area contributed by atoms with Crippen molar-refractivity contribution in [2.24, 2.45) is 0 Å². The Morgan fingerprint density at radius 1 is 1.21 bits per heavy atom. The van der Waals surface area contributed by atoms with Crippen molar-refractivity contribution in [3.8, 4) is 0 Å². The molecule has 0 saturated carbocycles. The van der Waals surface area contributed by atoms with Crippen LogP contribution >= 0.6 is 23.1 Å². The number of ketones is 1. The molecule has 0 atom stereocenters. The smallest absolute Gasteiger partial charge is 0.209 e. The molecule has 0 saturated heterocycles. The summed E-state index contributed by atoms with van der Waals surface area (Å²) >= 11 is 2.92. The molecule has 3 rings (SSSR count). The predicted molar refractivity (Wildman–Crippen MR) is 101 cm³/mol. The number of hydrogen-bond acceptors (Lipinski definition) is 5. The summed E-state index contributed by atoms with van der Waals surface area (Å²) < 4.78 is 0. The topological polar surface area (TPSA) is 58.6 Å². The number of thiophene rings is 1. The van der Waals surface area contributed by atoms with Crippen molar-refractivity contribution in [2.75, 3.05) is 5.75 Å². The standard InChI is InChI=1S/C18H17N3OS2/c1-2-14-9-10-16(24-14)15(22)12-23-18-19-17(20-21-18)11-8-13-6-4-3-5-7-13/h3-11H,2,12H2,1H3,(H,19,20,21). The van der Waals surface area contributed by atoms with Crippen molar-refractivity contribution in [3.05, 3.63) is 63.6 Å². The first kappa shape index (κ1) is 16.7. The number of aryl methyl sites for hydroxylation is 1. The molecule has 4 nitrogen and oxygen atoms in total. The van der Waals surface area contributed by atoms with Crippen LogP contribution in [-0.4, -0.2) is 26.7 Å². The maximum absolute atomic E-state index is 12.2. The molecule has 1 aromatic carbocycles. The average molecular weight is 355 g/mol. The fraction of sp³-hybridized carbons (Fsp3) is 0.167. The van der Waals surface area contributed by atoms with Crippen LogP contribution in [0.5, 0.6) is 0 Å². The van der Waals surface area contributed by atoms with E-state index in [1.165, 1.54) is 16.6 Å². The van der Waals surface area contributed by atoms with Gasteiger partial charge in [-0.15, -0.1) is 16.4 Å². The van der Waals surface area contributed by atoms with Crippen LogP contribution < -0.4 is 0 Å². The first-order valence-electron chi connectivity index (χ1n) is 7.65. The highest BCUT2D eigenvalue weighted by Crippen LogP contribution is 2.21. The Morgan fingerprint density at radius 3 is 2.79 bits per heavy atom. The summed E-state index contributed by atoms with van der Waals surface area (Å²) in [4.78, 5) is 18.6. The van der Waals surface area contributed by atoms with Crippen molar-refractivity contribution in [2.45, 2.75) is 18.5 Å². The number of Topliss-reactive ketones (excluding diaryl/α,β-unsaturated/α-hetero) is 1. The minimum absolute atomic E-state index is 0.121. The molecule has 2 aromatic heterocycles. The minimum atomic E-state index is 0.121. The van der Waals surface area contributed by atoms with Gasteiger partial charge in [0.05, 0.1) is 10.6 Å². The number of nitrogens with zero attached hydrogens (tertiary/aromatic N) is 2. The summed E-state index contributed by atoms with van der Waals surface area (Å²) in [5.41, 5.74) is 1.10. The van der Waals surface area contributed by atoms with Gasteiger partial charge in [-0.1, -0.05) is 55.1 Å². The van der Waals surface area contributed by atoms with Gasteiger partial charge in [0, 0.05) is 4.88 Å². The Balaban J connectivity index is 1.56. The number of aromatic amines is 1. The molecule has 0 fully saturated rings. The van der Waals surface area contributed by atoms with Crippen LogP contribution in [-0.2, 0) is 6.42 Å². The molecule has 0 aliphatic heterocycles. The first-order chi connectivity index (χ1) is 11.7. The van der Waals surface area contributed by atoms with Gasteiger partial charge >= 0.3 is 0 Å². The number of carbonyl (C=O) groups excluding carboxylic acids is 1. The summed E-state index contributed by atoms with van der Waals surface area (Å²) in [6, 6.07) is 13.9. The minimum Gasteiger partial charge on any atom is -0.292 e. The Morgan fingerprint density at radius 2 is 2.04 bits per heavy atom. The summed E-state index contributed by atoms with van der Waals surface area (Å²) in [7, 11) is 0. The van der Waals surface area contributed by atoms with E-state index in [0.717, 1.165) is 16.9 Å². The van der Waals surface area contributed by atoms with Gasteiger partial charge in [-0.3, -0.25) is 9.89 Å². The van der Waals surface area contributed by atoms with E-state index in [4.69, 9.17) is 0 Å². The number of benzene rings is 1. The molecular weight excluding hydrogens is 338 g/mol. The van der Waals surface area contributed by atoms with Gasteiger partial charge < -0.3 is 0 Å². The van der Waals surface area contributed by atoms with Crippen LogP contribution in [0.25, 0.3) is 12.2 Å². The van der Waals surface area contributed by atoms with Crippen molar-refractivity contribution in [3.63, 3.8) is 0 Å². The summed E-state index contributed by atoms with van der Waals surface area (Å²) in [5.74, 6) is 1.15. The van der Waals surface area contributed by atoms with E-state index in [9.17, 15) is 4.79 Å². The maximum Gasteiger partial charge on any atom is 0.209 e. The van der Waals surface area contributed by atoms with Gasteiger partial charge in [0.25, 0.3) is 0 Å². The van der Waals surface area contributed by atoms with Crippen molar-refractivity contribution < 1.29 is 4.79 Å². The molecule has 24 heavy (non-hydrogen) atoms. The van der Waals surface area contributed by atoms with Crippen molar-refractivity contribution in [1.29, 1.82) is 0 Å². The largest absolute Gasteiger partial charge is 0.292 e. The quantitative estimate of drug-likeness (QED) is 0.498. The Labute approximate surface area is 149 Å². The summed E-state index contributed by atoms with van der Waals surface area (Å²) in [5, 5.41) is 7.60. The molecule has 0 amide bonds. The van der Waals surface area contributed by atoms with Gasteiger partial charge in [-0.2, -0.15) is 0 Å². The van der Waals surface area contributed by atoms with Crippen molar-refractivity contribution >= 4 is 41.0 Å². The number of aromatic nitrogens is 3. The first-order valence-corrected chi connectivity index (χ1v) is 9.45. The molecule has 0 radical (unpaired) electrons. The monoisotopic (exact) mass is 355 g/mol. The third-order valence-corrected chi connectivity index (χ3v) is 5.45. The molecule has 0 unspecified atom stereocenters. The Hall–Kier alpha value is -2.18. The maximum atomic E-state index is 12.2. The number of H-pyrrole nitrogens is 1. The molecule has 0 aliphatic carbocycles. The lowest BCUT2D eigenvalue weighted by Crippen LogP contribution is -1.99. The molecule has 0 aliphatic rings. The normalized spacial score (nSPS) is 11.2. The van der Waals surface area contributed by atoms with E-state index in [2.05, 4.69) is 22.1 Å². The molecule has 0 bridgehead atoms. The van der Waals surface area contributed by atoms with E-state index in [1.54, 1.807) is 11.3 Å². The van der Waals surface area contributed by atoms with Gasteiger partial charge in [0.15, 0.2) is 5.78 Å².